The molecule has 2 heterocycles. The first kappa shape index (κ1) is 14.0. The van der Waals surface area contributed by atoms with Crippen molar-refractivity contribution in [3.05, 3.63) is 28.0 Å². The lowest BCUT2D eigenvalue weighted by Gasteiger charge is -2.27. The van der Waals surface area contributed by atoms with E-state index in [0.717, 1.165) is 25.0 Å². The number of pyridine rings is 1. The number of carbonyl (C=O) groups excluding carboxylic acids is 1. The van der Waals surface area contributed by atoms with Gasteiger partial charge in [-0.05, 0) is 18.8 Å². The molecular weight excluding hydrogens is 296 g/mol. The maximum Gasteiger partial charge on any atom is 0.327 e. The lowest BCUT2D eigenvalue weighted by atomic mass is 10.1. The largest absolute Gasteiger partial charge is 0.494 e. The van der Waals surface area contributed by atoms with E-state index >= 15 is 0 Å². The van der Waals surface area contributed by atoms with Crippen molar-refractivity contribution in [1.29, 1.82) is 0 Å². The van der Waals surface area contributed by atoms with Crippen LogP contribution in [0.2, 0.25) is 0 Å². The maximum atomic E-state index is 12.6. The average Bonchev–Trinajstić information content (AvgIpc) is 3.15. The summed E-state index contributed by atoms with van der Waals surface area (Å²) in [5.74, 6) is -1.32. The second-order valence-electron chi connectivity index (χ2n) is 5.25. The van der Waals surface area contributed by atoms with Gasteiger partial charge in [-0.15, -0.1) is 11.8 Å². The first-order chi connectivity index (χ1) is 9.97. The van der Waals surface area contributed by atoms with Gasteiger partial charge >= 0.3 is 5.97 Å². The lowest BCUT2D eigenvalue weighted by Crippen LogP contribution is -2.46. The molecule has 3 rings (SSSR count). The molecule has 8 heteroatoms. The van der Waals surface area contributed by atoms with E-state index < -0.39 is 29.4 Å². The van der Waals surface area contributed by atoms with Crippen LogP contribution in [0.5, 0.6) is 5.88 Å². The summed E-state index contributed by atoms with van der Waals surface area (Å²) in [6, 6.07) is 1.33. The minimum atomic E-state index is -1.05. The van der Waals surface area contributed by atoms with Crippen LogP contribution >= 0.6 is 11.8 Å². The number of amides is 1. The molecule has 3 N–H and O–H groups in total. The quantitative estimate of drug-likeness (QED) is 0.748. The van der Waals surface area contributed by atoms with Gasteiger partial charge < -0.3 is 15.1 Å². The molecular formula is C13H14N2O5S. The van der Waals surface area contributed by atoms with E-state index in [2.05, 4.69) is 4.98 Å². The highest BCUT2D eigenvalue weighted by molar-refractivity contribution is 8.00. The minimum absolute atomic E-state index is 0.00986. The fourth-order valence-electron chi connectivity index (χ4n) is 2.52. The molecule has 1 aliphatic carbocycles. The van der Waals surface area contributed by atoms with Crippen molar-refractivity contribution in [2.75, 3.05) is 5.75 Å². The molecule has 2 unspecified atom stereocenters. The fourth-order valence-corrected chi connectivity index (χ4v) is 4.15. The summed E-state index contributed by atoms with van der Waals surface area (Å²) in [4.78, 5) is 38.8. The first-order valence-corrected chi connectivity index (χ1v) is 7.62. The summed E-state index contributed by atoms with van der Waals surface area (Å²) in [6.45, 7) is 0. The average molecular weight is 310 g/mol. The minimum Gasteiger partial charge on any atom is -0.494 e. The highest BCUT2D eigenvalue weighted by atomic mass is 32.2. The summed E-state index contributed by atoms with van der Waals surface area (Å²) in [5.41, 5.74) is -0.587. The van der Waals surface area contributed by atoms with Crippen molar-refractivity contribution in [1.82, 2.24) is 9.88 Å². The zero-order chi connectivity index (χ0) is 15.1. The van der Waals surface area contributed by atoms with E-state index in [4.69, 9.17) is 0 Å². The Bertz CT molecular complexity index is 654. The molecule has 1 saturated heterocycles. The van der Waals surface area contributed by atoms with Gasteiger partial charge in [-0.25, -0.2) is 4.79 Å². The van der Waals surface area contributed by atoms with Crippen molar-refractivity contribution < 1.29 is 19.8 Å². The maximum absolute atomic E-state index is 12.6. The number of aromatic amines is 1. The predicted octanol–water partition coefficient (Wildman–Crippen LogP) is 0.459. The molecule has 2 atom stereocenters. The van der Waals surface area contributed by atoms with Gasteiger partial charge in [0, 0.05) is 17.9 Å². The molecule has 112 valence electrons. The Hall–Kier alpha value is -1.96. The molecule has 0 radical (unpaired) electrons. The number of carboxylic acid groups (broad SMARTS) is 1. The molecule has 0 spiro atoms. The number of carboxylic acids is 1. The summed E-state index contributed by atoms with van der Waals surface area (Å²) in [7, 11) is 0. The smallest absolute Gasteiger partial charge is 0.327 e. The van der Waals surface area contributed by atoms with Crippen molar-refractivity contribution in [2.24, 2.45) is 5.92 Å². The van der Waals surface area contributed by atoms with Crippen molar-refractivity contribution >= 4 is 23.6 Å². The van der Waals surface area contributed by atoms with Crippen molar-refractivity contribution in [2.45, 2.75) is 24.3 Å². The molecule has 2 fully saturated rings. The lowest BCUT2D eigenvalue weighted by molar-refractivity contribution is -0.141. The number of carbonyl (C=O) groups is 2. The molecule has 2 aliphatic rings. The van der Waals surface area contributed by atoms with E-state index in [9.17, 15) is 24.6 Å². The highest BCUT2D eigenvalue weighted by Crippen LogP contribution is 2.45. The van der Waals surface area contributed by atoms with Crippen molar-refractivity contribution in [3.63, 3.8) is 0 Å². The van der Waals surface area contributed by atoms with Crippen LogP contribution in [-0.2, 0) is 4.79 Å². The van der Waals surface area contributed by atoms with Gasteiger partial charge in [-0.3, -0.25) is 14.6 Å². The second-order valence-corrected chi connectivity index (χ2v) is 6.40. The Kier molecular flexibility index (Phi) is 3.40. The van der Waals surface area contributed by atoms with Crippen molar-refractivity contribution in [3.8, 4) is 5.88 Å². The van der Waals surface area contributed by atoms with Gasteiger partial charge in [-0.2, -0.15) is 0 Å². The number of aliphatic carboxylic acids is 1. The Balaban J connectivity index is 1.95. The third-order valence-corrected chi connectivity index (χ3v) is 5.12. The second kappa shape index (κ2) is 5.10. The standard InChI is InChI=1S/C13H14N2O5S/c16-9-3-7(4-10(17)14-9)11(18)15-8(13(19)20)5-21-12(15)6-1-2-6/h3-4,6,8,12H,1-2,5H2,(H,19,20)(H2,14,16,17). The Morgan fingerprint density at radius 1 is 1.33 bits per heavy atom. The number of hydrogen-bond donors (Lipinski definition) is 3. The molecule has 0 aromatic carbocycles. The highest BCUT2D eigenvalue weighted by Gasteiger charge is 2.48. The third-order valence-electron chi connectivity index (χ3n) is 3.66. The van der Waals surface area contributed by atoms with Gasteiger partial charge in [0.15, 0.2) is 5.88 Å². The molecule has 1 aromatic heterocycles. The molecule has 1 aliphatic heterocycles. The topological polar surface area (TPSA) is 111 Å². The Labute approximate surface area is 124 Å². The van der Waals surface area contributed by atoms with E-state index in [1.165, 1.54) is 16.7 Å². The molecule has 0 bridgehead atoms. The Morgan fingerprint density at radius 3 is 2.62 bits per heavy atom. The summed E-state index contributed by atoms with van der Waals surface area (Å²) in [6.07, 6.45) is 1.96. The van der Waals surface area contributed by atoms with Crippen LogP contribution in [0.15, 0.2) is 16.9 Å². The van der Waals surface area contributed by atoms with Crippen LogP contribution in [0.4, 0.5) is 0 Å². The number of rotatable bonds is 3. The van der Waals surface area contributed by atoms with Crippen LogP contribution in [0, 0.1) is 5.92 Å². The monoisotopic (exact) mass is 310 g/mol. The van der Waals surface area contributed by atoms with Crippen LogP contribution in [0.1, 0.15) is 23.2 Å². The Morgan fingerprint density at radius 2 is 2.05 bits per heavy atom. The number of aromatic hydroxyl groups is 1. The molecule has 1 amide bonds. The van der Waals surface area contributed by atoms with Crippen LogP contribution in [0.3, 0.4) is 0 Å². The fraction of sp³-hybridized carbons (Fsp3) is 0.462. The van der Waals surface area contributed by atoms with Gasteiger partial charge in [0.2, 0.25) is 0 Å². The molecule has 21 heavy (non-hydrogen) atoms. The van der Waals surface area contributed by atoms with E-state index in [-0.39, 0.29) is 10.9 Å². The number of hydrogen-bond acceptors (Lipinski definition) is 5. The zero-order valence-electron chi connectivity index (χ0n) is 11.0. The van der Waals surface area contributed by atoms with Crippen LogP contribution in [-0.4, -0.2) is 49.1 Å². The van der Waals surface area contributed by atoms with Gasteiger partial charge in [0.1, 0.15) is 6.04 Å². The zero-order valence-corrected chi connectivity index (χ0v) is 11.8. The summed E-state index contributed by atoms with van der Waals surface area (Å²) >= 11 is 1.46. The number of H-pyrrole nitrogens is 1. The summed E-state index contributed by atoms with van der Waals surface area (Å²) in [5, 5.41) is 18.5. The van der Waals surface area contributed by atoms with E-state index in [0.29, 0.717) is 11.7 Å². The van der Waals surface area contributed by atoms with Crippen LogP contribution < -0.4 is 5.56 Å². The van der Waals surface area contributed by atoms with Crippen LogP contribution in [0.25, 0.3) is 0 Å². The van der Waals surface area contributed by atoms with Gasteiger partial charge in [-0.1, -0.05) is 0 Å². The number of nitrogens with one attached hydrogen (secondary N) is 1. The summed E-state index contributed by atoms with van der Waals surface area (Å²) < 4.78 is 0. The van der Waals surface area contributed by atoms with E-state index in [1.54, 1.807) is 0 Å². The number of aromatic nitrogens is 1. The SMILES string of the molecule is O=C(O)C1CSC(C2CC2)N1C(=O)c1cc(O)[nH]c(=O)c1. The number of thioether (sulfide) groups is 1. The first-order valence-electron chi connectivity index (χ1n) is 6.58. The predicted molar refractivity (Wildman–Crippen MR) is 75.3 cm³/mol. The van der Waals surface area contributed by atoms with E-state index in [1.807, 2.05) is 0 Å². The molecule has 1 aromatic rings. The van der Waals surface area contributed by atoms with Gasteiger partial charge in [0.05, 0.1) is 10.9 Å². The molecule has 7 nitrogen and oxygen atoms in total. The number of nitrogens with zero attached hydrogens (tertiary/aromatic N) is 1. The normalized spacial score (nSPS) is 25.0. The third kappa shape index (κ3) is 2.63. The molecule has 1 saturated carbocycles. The van der Waals surface area contributed by atoms with Gasteiger partial charge in [0.25, 0.3) is 11.5 Å².